The molecule has 1 aromatic heterocycles. The third-order valence-corrected chi connectivity index (χ3v) is 6.13. The second kappa shape index (κ2) is 10.6. The Kier molecular flexibility index (Phi) is 7.37. The molecule has 1 aliphatic rings. The van der Waals surface area contributed by atoms with Gasteiger partial charge < -0.3 is 10.3 Å². The minimum atomic E-state index is -0.527. The first-order valence-electron chi connectivity index (χ1n) is 10.7. The fourth-order valence-electron chi connectivity index (χ4n) is 3.56. The minimum absolute atomic E-state index is 0.00567. The number of aromatic nitrogens is 2. The second-order valence-corrected chi connectivity index (χ2v) is 8.90. The molecule has 0 saturated carbocycles. The number of H-pyrrole nitrogens is 1. The molecule has 11 heteroatoms. The summed E-state index contributed by atoms with van der Waals surface area (Å²) in [6.45, 7) is 0.333. The molecule has 1 saturated heterocycles. The van der Waals surface area contributed by atoms with E-state index in [9.17, 15) is 23.6 Å². The van der Waals surface area contributed by atoms with E-state index in [4.69, 9.17) is 0 Å². The van der Waals surface area contributed by atoms with Gasteiger partial charge >= 0.3 is 0 Å². The zero-order valence-corrected chi connectivity index (χ0v) is 19.6. The molecule has 3 aromatic rings. The van der Waals surface area contributed by atoms with Crippen molar-refractivity contribution >= 4 is 45.8 Å². The van der Waals surface area contributed by atoms with Crippen LogP contribution in [0.15, 0.2) is 58.2 Å². The molecule has 1 aliphatic heterocycles. The van der Waals surface area contributed by atoms with E-state index in [0.717, 1.165) is 16.7 Å². The van der Waals surface area contributed by atoms with Gasteiger partial charge in [0.1, 0.15) is 11.6 Å². The Balaban J connectivity index is 1.27. The molecule has 0 atom stereocenters. The van der Waals surface area contributed by atoms with Crippen LogP contribution in [0.4, 0.5) is 9.18 Å². The Bertz CT molecular complexity index is 1390. The third-order valence-electron chi connectivity index (χ3n) is 5.22. The molecular formula is C24H22FN5O4S. The number of halogens is 1. The first kappa shape index (κ1) is 24.3. The summed E-state index contributed by atoms with van der Waals surface area (Å²) in [5.74, 6) is -0.896. The number of hydrogen-bond donors (Lipinski definition) is 2. The Morgan fingerprint density at radius 2 is 1.91 bits per heavy atom. The number of thioether (sulfide) groups is 1. The molecule has 2 N–H and O–H groups in total. The maximum absolute atomic E-state index is 13.8. The highest BCUT2D eigenvalue weighted by Gasteiger charge is 2.34. The summed E-state index contributed by atoms with van der Waals surface area (Å²) in [5, 5.41) is 2.69. The van der Waals surface area contributed by atoms with Crippen molar-refractivity contribution < 1.29 is 18.8 Å². The average molecular weight is 496 g/mol. The number of para-hydroxylation sites is 1. The number of nitrogens with one attached hydrogen (secondary N) is 2. The molecule has 4 rings (SSSR count). The van der Waals surface area contributed by atoms with Crippen LogP contribution in [0.2, 0.25) is 0 Å². The Morgan fingerprint density at radius 3 is 2.71 bits per heavy atom. The van der Waals surface area contributed by atoms with Crippen molar-refractivity contribution in [3.8, 4) is 0 Å². The molecular weight excluding hydrogens is 473 g/mol. The van der Waals surface area contributed by atoms with E-state index in [1.807, 2.05) is 0 Å². The standard InChI is InChI=1S/C24H22FN5O4S/c1-29(13-20-27-18-9-5-3-7-16(18)22(32)28-20)14-21(31)26-10-11-30-23(33)19(35-24(30)34)12-15-6-2-4-8-17(15)25/h2-9,12H,10-11,13-14H2,1H3,(H,26,31)(H,27,28,32). The summed E-state index contributed by atoms with van der Waals surface area (Å²) in [5.41, 5.74) is 0.548. The maximum Gasteiger partial charge on any atom is 0.293 e. The number of aromatic amines is 1. The zero-order valence-electron chi connectivity index (χ0n) is 18.8. The van der Waals surface area contributed by atoms with E-state index in [-0.39, 0.29) is 48.1 Å². The highest BCUT2D eigenvalue weighted by Crippen LogP contribution is 2.32. The van der Waals surface area contributed by atoms with Gasteiger partial charge in [-0.25, -0.2) is 9.37 Å². The van der Waals surface area contributed by atoms with Gasteiger partial charge in [-0.3, -0.25) is 29.0 Å². The number of nitrogens with zero attached hydrogens (tertiary/aromatic N) is 3. The van der Waals surface area contributed by atoms with Crippen LogP contribution in [0.1, 0.15) is 11.4 Å². The number of likely N-dealkylation sites (N-methyl/N-ethyl adjacent to an activating group) is 1. The number of benzene rings is 2. The molecule has 0 unspecified atom stereocenters. The van der Waals surface area contributed by atoms with Crippen molar-refractivity contribution in [1.82, 2.24) is 25.1 Å². The van der Waals surface area contributed by atoms with Crippen LogP contribution in [0.5, 0.6) is 0 Å². The zero-order chi connectivity index (χ0) is 24.9. The van der Waals surface area contributed by atoms with Gasteiger partial charge in [-0.2, -0.15) is 0 Å². The maximum atomic E-state index is 13.8. The van der Waals surface area contributed by atoms with Crippen LogP contribution in [0.3, 0.4) is 0 Å². The quantitative estimate of drug-likeness (QED) is 0.461. The predicted octanol–water partition coefficient (Wildman–Crippen LogP) is 2.35. The van der Waals surface area contributed by atoms with Crippen LogP contribution < -0.4 is 10.9 Å². The minimum Gasteiger partial charge on any atom is -0.353 e. The predicted molar refractivity (Wildman–Crippen MR) is 131 cm³/mol. The normalized spacial score (nSPS) is 14.9. The van der Waals surface area contributed by atoms with Crippen molar-refractivity contribution in [3.05, 3.63) is 81.0 Å². The number of carbonyl (C=O) groups excluding carboxylic acids is 3. The summed E-state index contributed by atoms with van der Waals surface area (Å²) in [4.78, 5) is 59.2. The van der Waals surface area contributed by atoms with E-state index < -0.39 is 17.0 Å². The van der Waals surface area contributed by atoms with Gasteiger partial charge in [0.2, 0.25) is 5.91 Å². The van der Waals surface area contributed by atoms with Crippen molar-refractivity contribution in [3.63, 3.8) is 0 Å². The van der Waals surface area contributed by atoms with Gasteiger partial charge in [-0.15, -0.1) is 0 Å². The van der Waals surface area contributed by atoms with E-state index in [2.05, 4.69) is 15.3 Å². The highest BCUT2D eigenvalue weighted by molar-refractivity contribution is 8.18. The largest absolute Gasteiger partial charge is 0.353 e. The van der Waals surface area contributed by atoms with Crippen molar-refractivity contribution in [2.75, 3.05) is 26.7 Å². The molecule has 35 heavy (non-hydrogen) atoms. The van der Waals surface area contributed by atoms with Crippen molar-refractivity contribution in [2.45, 2.75) is 6.54 Å². The Morgan fingerprint density at radius 1 is 1.17 bits per heavy atom. The monoisotopic (exact) mass is 495 g/mol. The van der Waals surface area contributed by atoms with Gasteiger partial charge in [0.15, 0.2) is 0 Å². The molecule has 0 spiro atoms. The van der Waals surface area contributed by atoms with E-state index >= 15 is 0 Å². The number of hydrogen-bond acceptors (Lipinski definition) is 7. The lowest BCUT2D eigenvalue weighted by Gasteiger charge is -2.17. The summed E-state index contributed by atoms with van der Waals surface area (Å²) in [6, 6.07) is 13.0. The van der Waals surface area contributed by atoms with Gasteiger partial charge in [-0.1, -0.05) is 30.3 Å². The first-order valence-corrected chi connectivity index (χ1v) is 11.6. The molecule has 3 amide bonds. The lowest BCUT2D eigenvalue weighted by atomic mass is 10.2. The van der Waals surface area contributed by atoms with Gasteiger partial charge in [0.25, 0.3) is 16.7 Å². The van der Waals surface area contributed by atoms with E-state index in [1.165, 1.54) is 24.3 Å². The fraction of sp³-hybridized carbons (Fsp3) is 0.208. The smallest absolute Gasteiger partial charge is 0.293 e. The van der Waals surface area contributed by atoms with Crippen LogP contribution in [-0.4, -0.2) is 63.5 Å². The van der Waals surface area contributed by atoms with Crippen molar-refractivity contribution in [2.24, 2.45) is 0 Å². The molecule has 0 radical (unpaired) electrons. The fourth-order valence-corrected chi connectivity index (χ4v) is 4.41. The average Bonchev–Trinajstić information content (AvgIpc) is 3.08. The SMILES string of the molecule is CN(CC(=O)NCCN1C(=O)SC(=Cc2ccccc2F)C1=O)Cc1nc2ccccc2c(=O)[nH]1. The Hall–Kier alpha value is -3.83. The molecule has 9 nitrogen and oxygen atoms in total. The number of fused-ring (bicyclic) bond motifs is 1. The van der Waals surface area contributed by atoms with Crippen LogP contribution in [0, 0.1) is 5.82 Å². The summed E-state index contributed by atoms with van der Waals surface area (Å²) < 4.78 is 13.8. The number of amides is 3. The first-order chi connectivity index (χ1) is 16.8. The summed E-state index contributed by atoms with van der Waals surface area (Å²) >= 11 is 0.733. The van der Waals surface area contributed by atoms with Crippen LogP contribution in [-0.2, 0) is 16.1 Å². The lowest BCUT2D eigenvalue weighted by molar-refractivity contribution is -0.124. The number of carbonyl (C=O) groups is 3. The molecule has 0 aliphatic carbocycles. The second-order valence-electron chi connectivity index (χ2n) is 7.91. The molecule has 0 bridgehead atoms. The van der Waals surface area contributed by atoms with Crippen molar-refractivity contribution in [1.29, 1.82) is 0 Å². The van der Waals surface area contributed by atoms with Crippen LogP contribution >= 0.6 is 11.8 Å². The molecule has 2 aromatic carbocycles. The highest BCUT2D eigenvalue weighted by atomic mass is 32.2. The summed E-state index contributed by atoms with van der Waals surface area (Å²) in [6.07, 6.45) is 1.35. The molecule has 1 fully saturated rings. The Labute approximate surface area is 204 Å². The van der Waals surface area contributed by atoms with Crippen LogP contribution in [0.25, 0.3) is 17.0 Å². The molecule has 2 heterocycles. The summed E-state index contributed by atoms with van der Waals surface area (Å²) in [7, 11) is 1.71. The van der Waals surface area contributed by atoms with Gasteiger partial charge in [0, 0.05) is 18.7 Å². The van der Waals surface area contributed by atoms with Gasteiger partial charge in [-0.05, 0) is 43.1 Å². The lowest BCUT2D eigenvalue weighted by Crippen LogP contribution is -2.40. The number of imide groups is 1. The van der Waals surface area contributed by atoms with E-state index in [0.29, 0.717) is 16.7 Å². The van der Waals surface area contributed by atoms with E-state index in [1.54, 1.807) is 42.3 Å². The van der Waals surface area contributed by atoms with Gasteiger partial charge in [0.05, 0.1) is 28.9 Å². The third kappa shape index (κ3) is 5.81. The topological polar surface area (TPSA) is 115 Å². The number of rotatable bonds is 8. The molecule has 180 valence electrons.